The summed E-state index contributed by atoms with van der Waals surface area (Å²) in [4.78, 5) is 4.35. The van der Waals surface area contributed by atoms with Crippen LogP contribution in [0.25, 0.3) is 0 Å². The number of hydrogen-bond acceptors (Lipinski definition) is 3. The van der Waals surface area contributed by atoms with Gasteiger partial charge in [0.25, 0.3) is 0 Å². The van der Waals surface area contributed by atoms with Gasteiger partial charge in [0.2, 0.25) is 0 Å². The molecular formula is C13H20N2O. The molecule has 0 radical (unpaired) electrons. The number of aromatic nitrogens is 1. The summed E-state index contributed by atoms with van der Waals surface area (Å²) in [5, 5.41) is 12.8. The molecule has 1 fully saturated rings. The molecule has 0 amide bonds. The van der Waals surface area contributed by atoms with Gasteiger partial charge in [-0.05, 0) is 31.4 Å². The van der Waals surface area contributed by atoms with Gasteiger partial charge in [-0.3, -0.25) is 0 Å². The lowest BCUT2D eigenvalue weighted by Crippen LogP contribution is -2.34. The van der Waals surface area contributed by atoms with Crippen LogP contribution in [0.4, 0.5) is 5.82 Å². The van der Waals surface area contributed by atoms with Crippen LogP contribution in [0.2, 0.25) is 0 Å². The minimum Gasteiger partial charge on any atom is -0.396 e. The molecule has 1 saturated carbocycles. The molecule has 2 rings (SSSR count). The van der Waals surface area contributed by atoms with Crippen LogP contribution in [-0.4, -0.2) is 22.7 Å². The minimum atomic E-state index is 0.281. The van der Waals surface area contributed by atoms with Crippen molar-refractivity contribution in [1.29, 1.82) is 0 Å². The number of rotatable bonds is 3. The van der Waals surface area contributed by atoms with Crippen LogP contribution in [0.15, 0.2) is 18.3 Å². The summed E-state index contributed by atoms with van der Waals surface area (Å²) in [7, 11) is 0. The number of aliphatic hydroxyl groups excluding tert-OH is 1. The van der Waals surface area contributed by atoms with E-state index in [0.717, 1.165) is 18.7 Å². The third kappa shape index (κ3) is 2.53. The lowest BCUT2D eigenvalue weighted by Gasteiger charge is -2.31. The van der Waals surface area contributed by atoms with E-state index >= 15 is 0 Å². The zero-order valence-corrected chi connectivity index (χ0v) is 9.82. The first-order valence-corrected chi connectivity index (χ1v) is 6.10. The average Bonchev–Trinajstić information content (AvgIpc) is 2.33. The van der Waals surface area contributed by atoms with Gasteiger partial charge >= 0.3 is 0 Å². The van der Waals surface area contributed by atoms with E-state index in [-0.39, 0.29) is 6.61 Å². The van der Waals surface area contributed by atoms with E-state index < -0.39 is 0 Å². The molecule has 0 aliphatic heterocycles. The highest BCUT2D eigenvalue weighted by Gasteiger charge is 2.24. The fourth-order valence-electron chi connectivity index (χ4n) is 2.43. The molecule has 88 valence electrons. The predicted molar refractivity (Wildman–Crippen MR) is 65.4 cm³/mol. The fraction of sp³-hybridized carbons (Fsp3) is 0.615. The normalized spacial score (nSPS) is 25.4. The Balaban J connectivity index is 2.05. The van der Waals surface area contributed by atoms with Gasteiger partial charge in [0.15, 0.2) is 0 Å². The maximum absolute atomic E-state index is 9.35. The number of nitrogens with one attached hydrogen (secondary N) is 1. The first-order valence-electron chi connectivity index (χ1n) is 6.10. The molecule has 0 saturated heterocycles. The highest BCUT2D eigenvalue weighted by atomic mass is 16.3. The molecule has 3 nitrogen and oxygen atoms in total. The zero-order chi connectivity index (χ0) is 11.4. The van der Waals surface area contributed by atoms with Crippen molar-refractivity contribution < 1.29 is 5.11 Å². The van der Waals surface area contributed by atoms with Crippen LogP contribution in [-0.2, 0) is 0 Å². The van der Waals surface area contributed by atoms with Gasteiger partial charge in [0, 0.05) is 24.8 Å². The van der Waals surface area contributed by atoms with E-state index in [1.165, 1.54) is 18.4 Å². The molecule has 0 aromatic carbocycles. The fourth-order valence-corrected chi connectivity index (χ4v) is 2.43. The van der Waals surface area contributed by atoms with Crippen LogP contribution < -0.4 is 5.32 Å². The largest absolute Gasteiger partial charge is 0.396 e. The summed E-state index contributed by atoms with van der Waals surface area (Å²) in [5.41, 5.74) is 1.17. The number of aliphatic hydroxyl groups is 1. The molecule has 1 aromatic heterocycles. The van der Waals surface area contributed by atoms with E-state index in [9.17, 15) is 5.11 Å². The van der Waals surface area contributed by atoms with E-state index in [0.29, 0.717) is 12.0 Å². The Bertz CT molecular complexity index is 340. The monoisotopic (exact) mass is 220 g/mol. The number of nitrogens with zero attached hydrogens (tertiary/aromatic N) is 1. The summed E-state index contributed by atoms with van der Waals surface area (Å²) in [6, 6.07) is 4.39. The Morgan fingerprint density at radius 1 is 1.44 bits per heavy atom. The van der Waals surface area contributed by atoms with E-state index in [1.807, 2.05) is 12.3 Å². The summed E-state index contributed by atoms with van der Waals surface area (Å²) >= 11 is 0. The Morgan fingerprint density at radius 2 is 2.25 bits per heavy atom. The average molecular weight is 220 g/mol. The molecule has 2 atom stereocenters. The molecule has 1 aromatic rings. The summed E-state index contributed by atoms with van der Waals surface area (Å²) in [6.07, 6.45) is 6.57. The molecule has 2 N–H and O–H groups in total. The molecular weight excluding hydrogens is 200 g/mol. The van der Waals surface area contributed by atoms with Crippen molar-refractivity contribution in [3.05, 3.63) is 23.9 Å². The molecule has 1 heterocycles. The maximum atomic E-state index is 9.35. The second-order valence-electron chi connectivity index (χ2n) is 4.65. The van der Waals surface area contributed by atoms with Crippen LogP contribution >= 0.6 is 0 Å². The number of hydrogen-bond donors (Lipinski definition) is 2. The third-order valence-electron chi connectivity index (χ3n) is 3.48. The van der Waals surface area contributed by atoms with E-state index in [2.05, 4.69) is 23.3 Å². The number of anilines is 1. The van der Waals surface area contributed by atoms with Crippen molar-refractivity contribution in [1.82, 2.24) is 4.98 Å². The van der Waals surface area contributed by atoms with Crippen molar-refractivity contribution >= 4 is 5.82 Å². The summed E-state index contributed by atoms with van der Waals surface area (Å²) in [5.74, 6) is 1.35. The van der Waals surface area contributed by atoms with Crippen LogP contribution in [0.1, 0.15) is 31.2 Å². The Kier molecular flexibility index (Phi) is 3.78. The van der Waals surface area contributed by atoms with Crippen molar-refractivity contribution in [3.8, 4) is 0 Å². The highest BCUT2D eigenvalue weighted by molar-refractivity contribution is 5.43. The highest BCUT2D eigenvalue weighted by Crippen LogP contribution is 2.27. The molecule has 1 aliphatic rings. The van der Waals surface area contributed by atoms with Gasteiger partial charge < -0.3 is 10.4 Å². The van der Waals surface area contributed by atoms with Gasteiger partial charge in [-0.2, -0.15) is 0 Å². The second-order valence-corrected chi connectivity index (χ2v) is 4.65. The van der Waals surface area contributed by atoms with E-state index in [4.69, 9.17) is 0 Å². The molecule has 0 bridgehead atoms. The standard InChI is InChI=1S/C13H20N2O/c1-10-5-4-8-14-13(10)15-12-7-3-2-6-11(12)9-16/h4-5,8,11-12,16H,2-3,6-7,9H2,1H3,(H,14,15). The molecule has 16 heavy (non-hydrogen) atoms. The Hall–Kier alpha value is -1.09. The molecule has 0 spiro atoms. The summed E-state index contributed by atoms with van der Waals surface area (Å²) < 4.78 is 0. The Morgan fingerprint density at radius 3 is 3.00 bits per heavy atom. The first kappa shape index (κ1) is 11.4. The third-order valence-corrected chi connectivity index (χ3v) is 3.48. The van der Waals surface area contributed by atoms with Gasteiger partial charge in [-0.25, -0.2) is 4.98 Å². The number of aryl methyl sites for hydroxylation is 1. The number of pyridine rings is 1. The molecule has 2 unspecified atom stereocenters. The van der Waals surface area contributed by atoms with E-state index in [1.54, 1.807) is 0 Å². The Labute approximate surface area is 96.9 Å². The van der Waals surface area contributed by atoms with Crippen LogP contribution in [0.3, 0.4) is 0 Å². The second kappa shape index (κ2) is 5.30. The lowest BCUT2D eigenvalue weighted by atomic mass is 9.85. The lowest BCUT2D eigenvalue weighted by molar-refractivity contribution is 0.178. The van der Waals surface area contributed by atoms with Crippen LogP contribution in [0, 0.1) is 12.8 Å². The topological polar surface area (TPSA) is 45.2 Å². The minimum absolute atomic E-state index is 0.281. The molecule has 3 heteroatoms. The van der Waals surface area contributed by atoms with Crippen molar-refractivity contribution in [3.63, 3.8) is 0 Å². The zero-order valence-electron chi connectivity index (χ0n) is 9.82. The molecule has 1 aliphatic carbocycles. The van der Waals surface area contributed by atoms with Gasteiger partial charge in [0.05, 0.1) is 0 Å². The van der Waals surface area contributed by atoms with Gasteiger partial charge in [0.1, 0.15) is 5.82 Å². The van der Waals surface area contributed by atoms with Gasteiger partial charge in [-0.1, -0.05) is 18.9 Å². The quantitative estimate of drug-likeness (QED) is 0.822. The SMILES string of the molecule is Cc1cccnc1NC1CCCCC1CO. The first-order chi connectivity index (χ1) is 7.81. The smallest absolute Gasteiger partial charge is 0.129 e. The maximum Gasteiger partial charge on any atom is 0.129 e. The van der Waals surface area contributed by atoms with Crippen molar-refractivity contribution in [2.24, 2.45) is 5.92 Å². The van der Waals surface area contributed by atoms with Crippen molar-refractivity contribution in [2.75, 3.05) is 11.9 Å². The van der Waals surface area contributed by atoms with Gasteiger partial charge in [-0.15, -0.1) is 0 Å². The summed E-state index contributed by atoms with van der Waals surface area (Å²) in [6.45, 7) is 2.34. The van der Waals surface area contributed by atoms with Crippen molar-refractivity contribution in [2.45, 2.75) is 38.6 Å². The predicted octanol–water partition coefficient (Wildman–Crippen LogP) is 2.35. The van der Waals surface area contributed by atoms with Crippen LogP contribution in [0.5, 0.6) is 0 Å².